The molecule has 1 unspecified atom stereocenters. The smallest absolute Gasteiger partial charge is 0.252 e. The summed E-state index contributed by atoms with van der Waals surface area (Å²) in [4.78, 5) is 15.6. The molecule has 5 nitrogen and oxygen atoms in total. The van der Waals surface area contributed by atoms with Gasteiger partial charge in [-0.1, -0.05) is 29.3 Å². The van der Waals surface area contributed by atoms with Gasteiger partial charge in [0.2, 0.25) is 0 Å². The Morgan fingerprint density at radius 2 is 2.14 bits per heavy atom. The van der Waals surface area contributed by atoms with Crippen LogP contribution < -0.4 is 10.1 Å². The van der Waals surface area contributed by atoms with Gasteiger partial charge in [-0.15, -0.1) is 0 Å². The van der Waals surface area contributed by atoms with E-state index in [0.29, 0.717) is 16.3 Å². The molecule has 2 N–H and O–H groups in total. The number of aromatic nitrogens is 1. The fourth-order valence-corrected chi connectivity index (χ4v) is 2.00. The normalized spacial score (nSPS) is 11.8. The SMILES string of the molecule is O=C(NCC(O)COc1cccc(Cl)c1Cl)c1cccnc1. The van der Waals surface area contributed by atoms with Crippen molar-refractivity contribution in [3.05, 3.63) is 58.3 Å². The fourth-order valence-electron chi connectivity index (χ4n) is 1.65. The van der Waals surface area contributed by atoms with Gasteiger partial charge in [0.25, 0.3) is 5.91 Å². The number of carbonyl (C=O) groups is 1. The lowest BCUT2D eigenvalue weighted by atomic mass is 10.2. The van der Waals surface area contributed by atoms with E-state index < -0.39 is 6.10 Å². The molecule has 0 saturated heterocycles. The highest BCUT2D eigenvalue weighted by Gasteiger charge is 2.11. The zero-order valence-corrected chi connectivity index (χ0v) is 13.0. The standard InChI is InChI=1S/C15H14Cl2N2O3/c16-12-4-1-5-13(14(12)17)22-9-11(20)8-19-15(21)10-3-2-6-18-7-10/h1-7,11,20H,8-9H2,(H,19,21). The average Bonchev–Trinajstić information content (AvgIpc) is 2.54. The third kappa shape index (κ3) is 4.59. The monoisotopic (exact) mass is 340 g/mol. The molecule has 0 aliphatic heterocycles. The molecule has 2 rings (SSSR count). The Balaban J connectivity index is 1.80. The Morgan fingerprint density at radius 3 is 2.86 bits per heavy atom. The van der Waals surface area contributed by atoms with Gasteiger partial charge in [-0.25, -0.2) is 0 Å². The molecule has 0 radical (unpaired) electrons. The number of aliphatic hydroxyl groups is 1. The first kappa shape index (κ1) is 16.5. The lowest BCUT2D eigenvalue weighted by molar-refractivity contribution is 0.0843. The highest BCUT2D eigenvalue weighted by atomic mass is 35.5. The van der Waals surface area contributed by atoms with Crippen LogP contribution in [-0.2, 0) is 0 Å². The van der Waals surface area contributed by atoms with Gasteiger partial charge in [-0.05, 0) is 24.3 Å². The molecular formula is C15H14Cl2N2O3. The van der Waals surface area contributed by atoms with Crippen molar-refractivity contribution in [2.45, 2.75) is 6.10 Å². The number of carbonyl (C=O) groups excluding carboxylic acids is 1. The lowest BCUT2D eigenvalue weighted by Crippen LogP contribution is -2.35. The van der Waals surface area contributed by atoms with E-state index in [-0.39, 0.29) is 24.1 Å². The number of nitrogens with zero attached hydrogens (tertiary/aromatic N) is 1. The van der Waals surface area contributed by atoms with Gasteiger partial charge in [-0.2, -0.15) is 0 Å². The van der Waals surface area contributed by atoms with Crippen molar-refractivity contribution in [3.8, 4) is 5.75 Å². The number of hydrogen-bond acceptors (Lipinski definition) is 4. The molecule has 1 aromatic carbocycles. The largest absolute Gasteiger partial charge is 0.489 e. The molecule has 0 aliphatic rings. The van der Waals surface area contributed by atoms with Crippen molar-refractivity contribution in [1.29, 1.82) is 0 Å². The van der Waals surface area contributed by atoms with Crippen LogP contribution in [0.5, 0.6) is 5.75 Å². The molecule has 1 heterocycles. The van der Waals surface area contributed by atoms with E-state index in [1.165, 1.54) is 6.20 Å². The van der Waals surface area contributed by atoms with E-state index in [9.17, 15) is 9.90 Å². The Labute approximate surface area is 137 Å². The van der Waals surface area contributed by atoms with Gasteiger partial charge in [0.1, 0.15) is 23.5 Å². The Kier molecular flexibility index (Phi) is 6.00. The number of halogens is 2. The summed E-state index contributed by atoms with van der Waals surface area (Å²) in [5.41, 5.74) is 0.425. The van der Waals surface area contributed by atoms with Crippen LogP contribution >= 0.6 is 23.2 Å². The average molecular weight is 341 g/mol. The summed E-state index contributed by atoms with van der Waals surface area (Å²) in [6.45, 7) is 0.0271. The summed E-state index contributed by atoms with van der Waals surface area (Å²) in [6, 6.07) is 8.28. The van der Waals surface area contributed by atoms with Gasteiger partial charge in [0, 0.05) is 18.9 Å². The first-order chi connectivity index (χ1) is 10.6. The summed E-state index contributed by atoms with van der Waals surface area (Å²) in [5.74, 6) is 0.0692. The van der Waals surface area contributed by atoms with Crippen LogP contribution in [-0.4, -0.2) is 35.3 Å². The predicted octanol–water partition coefficient (Wildman–Crippen LogP) is 2.56. The molecule has 0 bridgehead atoms. The molecule has 7 heteroatoms. The van der Waals surface area contributed by atoms with Gasteiger partial charge in [-0.3, -0.25) is 9.78 Å². The van der Waals surface area contributed by atoms with E-state index in [1.807, 2.05) is 0 Å². The number of benzene rings is 1. The zero-order chi connectivity index (χ0) is 15.9. The van der Waals surface area contributed by atoms with E-state index >= 15 is 0 Å². The maximum absolute atomic E-state index is 11.8. The van der Waals surface area contributed by atoms with Gasteiger partial charge in [0.15, 0.2) is 0 Å². The number of hydrogen-bond donors (Lipinski definition) is 2. The molecule has 0 aliphatic carbocycles. The minimum absolute atomic E-state index is 0.0205. The Hall–Kier alpha value is -1.82. The van der Waals surface area contributed by atoms with Crippen molar-refractivity contribution in [2.75, 3.05) is 13.2 Å². The Morgan fingerprint density at radius 1 is 1.32 bits per heavy atom. The van der Waals surface area contributed by atoms with Crippen LogP contribution in [0.2, 0.25) is 10.0 Å². The highest BCUT2D eigenvalue weighted by Crippen LogP contribution is 2.31. The van der Waals surface area contributed by atoms with E-state index in [4.69, 9.17) is 27.9 Å². The second-order valence-corrected chi connectivity index (χ2v) is 5.25. The van der Waals surface area contributed by atoms with Gasteiger partial charge >= 0.3 is 0 Å². The van der Waals surface area contributed by atoms with Crippen LogP contribution in [0.1, 0.15) is 10.4 Å². The third-order valence-corrected chi connectivity index (χ3v) is 3.57. The number of ether oxygens (including phenoxy) is 1. The van der Waals surface area contributed by atoms with Crippen LogP contribution in [0, 0.1) is 0 Å². The molecule has 0 saturated carbocycles. The maximum Gasteiger partial charge on any atom is 0.252 e. The summed E-state index contributed by atoms with van der Waals surface area (Å²) in [6.07, 6.45) is 2.15. The molecule has 2 aromatic rings. The minimum Gasteiger partial charge on any atom is -0.489 e. The molecule has 116 valence electrons. The van der Waals surface area contributed by atoms with E-state index in [0.717, 1.165) is 0 Å². The molecular weight excluding hydrogens is 327 g/mol. The fraction of sp³-hybridized carbons (Fsp3) is 0.200. The van der Waals surface area contributed by atoms with Crippen molar-refractivity contribution in [1.82, 2.24) is 10.3 Å². The zero-order valence-electron chi connectivity index (χ0n) is 11.5. The molecule has 1 amide bonds. The summed E-state index contributed by atoms with van der Waals surface area (Å²) >= 11 is 11.8. The predicted molar refractivity (Wildman–Crippen MR) is 84.5 cm³/mol. The van der Waals surface area contributed by atoms with Crippen LogP contribution in [0.25, 0.3) is 0 Å². The van der Waals surface area contributed by atoms with Crippen molar-refractivity contribution in [2.24, 2.45) is 0 Å². The topological polar surface area (TPSA) is 71.5 Å². The first-order valence-electron chi connectivity index (χ1n) is 6.51. The van der Waals surface area contributed by atoms with E-state index in [1.54, 1.807) is 36.5 Å². The van der Waals surface area contributed by atoms with Crippen LogP contribution in [0.3, 0.4) is 0 Å². The number of amides is 1. The number of aliphatic hydroxyl groups excluding tert-OH is 1. The minimum atomic E-state index is -0.879. The summed E-state index contributed by atoms with van der Waals surface area (Å²) in [5, 5.41) is 13.1. The quantitative estimate of drug-likeness (QED) is 0.847. The van der Waals surface area contributed by atoms with Gasteiger partial charge < -0.3 is 15.2 Å². The van der Waals surface area contributed by atoms with Crippen molar-refractivity contribution < 1.29 is 14.6 Å². The lowest BCUT2D eigenvalue weighted by Gasteiger charge is -2.14. The van der Waals surface area contributed by atoms with Crippen molar-refractivity contribution in [3.63, 3.8) is 0 Å². The second kappa shape index (κ2) is 7.98. The second-order valence-electron chi connectivity index (χ2n) is 4.47. The highest BCUT2D eigenvalue weighted by molar-refractivity contribution is 6.42. The number of pyridine rings is 1. The maximum atomic E-state index is 11.8. The Bertz CT molecular complexity index is 638. The molecule has 1 atom stereocenters. The van der Waals surface area contributed by atoms with Crippen molar-refractivity contribution >= 4 is 29.1 Å². The van der Waals surface area contributed by atoms with Gasteiger partial charge in [0.05, 0.1) is 10.6 Å². The molecule has 1 aromatic heterocycles. The summed E-state index contributed by atoms with van der Waals surface area (Å²) in [7, 11) is 0. The number of nitrogens with one attached hydrogen (secondary N) is 1. The first-order valence-corrected chi connectivity index (χ1v) is 7.26. The number of rotatable bonds is 6. The third-order valence-electron chi connectivity index (χ3n) is 2.77. The van der Waals surface area contributed by atoms with Crippen LogP contribution in [0.4, 0.5) is 0 Å². The molecule has 22 heavy (non-hydrogen) atoms. The van der Waals surface area contributed by atoms with E-state index in [2.05, 4.69) is 10.3 Å². The summed E-state index contributed by atoms with van der Waals surface area (Å²) < 4.78 is 5.39. The van der Waals surface area contributed by atoms with Crippen LogP contribution in [0.15, 0.2) is 42.7 Å². The molecule has 0 spiro atoms. The molecule has 0 fully saturated rings.